The van der Waals surface area contributed by atoms with E-state index in [0.29, 0.717) is 30.8 Å². The molecule has 3 saturated heterocycles. The second-order valence-electron chi connectivity index (χ2n) is 10.5. The number of ether oxygens (including phenoxy) is 2. The fraction of sp³-hybridized carbons (Fsp3) is 0.913. The van der Waals surface area contributed by atoms with E-state index in [-0.39, 0.29) is 23.7 Å². The number of piperazine rings is 1. The number of esters is 1. The Morgan fingerprint density at radius 1 is 1.23 bits per heavy atom. The van der Waals surface area contributed by atoms with Crippen molar-refractivity contribution < 1.29 is 19.1 Å². The molecule has 0 aromatic rings. The third-order valence-electron chi connectivity index (χ3n) is 7.31. The van der Waals surface area contributed by atoms with Gasteiger partial charge in [-0.05, 0) is 56.1 Å². The number of rotatable bonds is 7. The van der Waals surface area contributed by atoms with Gasteiger partial charge in [-0.1, -0.05) is 20.8 Å². The lowest BCUT2D eigenvalue weighted by atomic mass is 9.65. The summed E-state index contributed by atoms with van der Waals surface area (Å²) in [6, 6.07) is 0.374. The van der Waals surface area contributed by atoms with Gasteiger partial charge in [0.25, 0.3) is 0 Å². The van der Waals surface area contributed by atoms with Crippen molar-refractivity contribution in [3.63, 3.8) is 0 Å². The standard InChI is InChI=1S/C23H42N4O4/c1-23(2,3)21(17-8-10-24-11-9-17)18-15-27(19-16-25(4)22(29)31-19)14-13-26(18)12-6-7-20(28)30-5/h17-19,21,24H,6-16H2,1-5H3. The highest BCUT2D eigenvalue weighted by Crippen LogP contribution is 2.42. The van der Waals surface area contributed by atoms with E-state index in [1.807, 2.05) is 0 Å². The molecule has 1 N–H and O–H groups in total. The molecule has 0 aliphatic carbocycles. The Hall–Kier alpha value is -1.38. The molecule has 178 valence electrons. The largest absolute Gasteiger partial charge is 0.469 e. The number of piperidine rings is 1. The number of nitrogens with one attached hydrogen (secondary N) is 1. The molecule has 0 spiro atoms. The smallest absolute Gasteiger partial charge is 0.411 e. The summed E-state index contributed by atoms with van der Waals surface area (Å²) < 4.78 is 10.5. The number of carbonyl (C=O) groups is 2. The van der Waals surface area contributed by atoms with Crippen molar-refractivity contribution in [2.24, 2.45) is 17.3 Å². The normalized spacial score (nSPS) is 27.9. The topological polar surface area (TPSA) is 74.4 Å². The molecule has 0 aromatic carbocycles. The zero-order valence-electron chi connectivity index (χ0n) is 20.1. The predicted octanol–water partition coefficient (Wildman–Crippen LogP) is 2.00. The van der Waals surface area contributed by atoms with Crippen LogP contribution in [-0.2, 0) is 14.3 Å². The van der Waals surface area contributed by atoms with Gasteiger partial charge in [0.2, 0.25) is 0 Å². The maximum atomic E-state index is 12.0. The maximum absolute atomic E-state index is 12.0. The first-order chi connectivity index (χ1) is 14.7. The highest BCUT2D eigenvalue weighted by molar-refractivity contribution is 5.69. The molecule has 3 aliphatic rings. The lowest BCUT2D eigenvalue weighted by Gasteiger charge is -2.52. The van der Waals surface area contributed by atoms with Crippen molar-refractivity contribution in [3.05, 3.63) is 0 Å². The van der Waals surface area contributed by atoms with Crippen LogP contribution in [0.4, 0.5) is 4.79 Å². The Morgan fingerprint density at radius 3 is 2.52 bits per heavy atom. The Bertz CT molecular complexity index is 617. The van der Waals surface area contributed by atoms with Crippen LogP contribution in [0.1, 0.15) is 46.5 Å². The van der Waals surface area contributed by atoms with Gasteiger partial charge in [-0.15, -0.1) is 0 Å². The van der Waals surface area contributed by atoms with E-state index in [1.54, 1.807) is 11.9 Å². The second kappa shape index (κ2) is 10.5. The molecule has 0 radical (unpaired) electrons. The highest BCUT2D eigenvalue weighted by Gasteiger charge is 2.45. The third-order valence-corrected chi connectivity index (χ3v) is 7.31. The van der Waals surface area contributed by atoms with Crippen molar-refractivity contribution in [2.45, 2.75) is 58.7 Å². The molecule has 0 bridgehead atoms. The number of hydrogen-bond acceptors (Lipinski definition) is 7. The number of nitrogens with zero attached hydrogens (tertiary/aromatic N) is 3. The highest BCUT2D eigenvalue weighted by atomic mass is 16.6. The molecule has 3 atom stereocenters. The lowest BCUT2D eigenvalue weighted by molar-refractivity contribution is -0.141. The summed E-state index contributed by atoms with van der Waals surface area (Å²) in [6.07, 6.45) is 3.29. The minimum atomic E-state index is -0.229. The number of hydrogen-bond donors (Lipinski definition) is 1. The minimum Gasteiger partial charge on any atom is -0.469 e. The van der Waals surface area contributed by atoms with E-state index in [9.17, 15) is 9.59 Å². The summed E-state index contributed by atoms with van der Waals surface area (Å²) in [6.45, 7) is 13.5. The Morgan fingerprint density at radius 2 is 1.94 bits per heavy atom. The van der Waals surface area contributed by atoms with Crippen molar-refractivity contribution >= 4 is 12.1 Å². The summed E-state index contributed by atoms with van der Waals surface area (Å²) in [5, 5.41) is 3.51. The minimum absolute atomic E-state index is 0.137. The average Bonchev–Trinajstić information content (AvgIpc) is 3.07. The molecule has 8 nitrogen and oxygen atoms in total. The molecule has 1 amide bonds. The van der Waals surface area contributed by atoms with Gasteiger partial charge in [0.05, 0.1) is 13.7 Å². The summed E-state index contributed by atoms with van der Waals surface area (Å²) in [4.78, 5) is 30.2. The molecule has 3 fully saturated rings. The van der Waals surface area contributed by atoms with E-state index in [4.69, 9.17) is 9.47 Å². The fourth-order valence-electron chi connectivity index (χ4n) is 5.82. The first-order valence-corrected chi connectivity index (χ1v) is 11.9. The van der Waals surface area contributed by atoms with Crippen LogP contribution in [0.5, 0.6) is 0 Å². The fourth-order valence-corrected chi connectivity index (χ4v) is 5.82. The van der Waals surface area contributed by atoms with Gasteiger partial charge in [0, 0.05) is 39.1 Å². The summed E-state index contributed by atoms with van der Waals surface area (Å²) in [7, 11) is 3.26. The molecule has 3 aliphatic heterocycles. The van der Waals surface area contributed by atoms with Crippen LogP contribution in [0.3, 0.4) is 0 Å². The molecule has 31 heavy (non-hydrogen) atoms. The number of likely N-dealkylation sites (N-methyl/N-ethyl adjacent to an activating group) is 1. The number of amides is 1. The van der Waals surface area contributed by atoms with Gasteiger partial charge in [0.15, 0.2) is 6.23 Å². The first-order valence-electron chi connectivity index (χ1n) is 11.9. The molecular weight excluding hydrogens is 396 g/mol. The van der Waals surface area contributed by atoms with E-state index in [0.717, 1.165) is 45.7 Å². The molecule has 3 rings (SSSR count). The van der Waals surface area contributed by atoms with Gasteiger partial charge in [-0.2, -0.15) is 0 Å². The van der Waals surface area contributed by atoms with Crippen molar-refractivity contribution in [1.29, 1.82) is 0 Å². The molecule has 0 aromatic heterocycles. The van der Waals surface area contributed by atoms with Crippen LogP contribution in [0, 0.1) is 17.3 Å². The van der Waals surface area contributed by atoms with E-state index >= 15 is 0 Å². The Labute approximate surface area is 187 Å². The van der Waals surface area contributed by atoms with Crippen LogP contribution in [0.2, 0.25) is 0 Å². The first kappa shape index (κ1) is 24.3. The predicted molar refractivity (Wildman–Crippen MR) is 120 cm³/mol. The quantitative estimate of drug-likeness (QED) is 0.610. The molecule has 3 unspecified atom stereocenters. The Kier molecular flexibility index (Phi) is 8.21. The third kappa shape index (κ3) is 6.11. The van der Waals surface area contributed by atoms with Crippen molar-refractivity contribution in [3.8, 4) is 0 Å². The molecule has 8 heteroatoms. The second-order valence-corrected chi connectivity index (χ2v) is 10.5. The van der Waals surface area contributed by atoms with Crippen molar-refractivity contribution in [2.75, 3.05) is 60.0 Å². The average molecular weight is 439 g/mol. The summed E-state index contributed by atoms with van der Waals surface area (Å²) in [5.74, 6) is 1.07. The van der Waals surface area contributed by atoms with Gasteiger partial charge in [-0.3, -0.25) is 14.6 Å². The zero-order valence-corrected chi connectivity index (χ0v) is 20.1. The summed E-state index contributed by atoms with van der Waals surface area (Å²) >= 11 is 0. The van der Waals surface area contributed by atoms with Gasteiger partial charge >= 0.3 is 12.1 Å². The SMILES string of the molecule is COC(=O)CCCN1CCN(C2CN(C)C(=O)O2)CC1C(C1CCNCC1)C(C)(C)C. The number of carbonyl (C=O) groups excluding carboxylic acids is 2. The monoisotopic (exact) mass is 438 g/mol. The molecular formula is C23H42N4O4. The molecule has 0 saturated carbocycles. The van der Waals surface area contributed by atoms with Gasteiger partial charge in [0.1, 0.15) is 0 Å². The van der Waals surface area contributed by atoms with E-state index < -0.39 is 0 Å². The van der Waals surface area contributed by atoms with Crippen molar-refractivity contribution in [1.82, 2.24) is 20.0 Å². The number of cyclic esters (lactones) is 1. The van der Waals surface area contributed by atoms with Crippen LogP contribution in [0.25, 0.3) is 0 Å². The van der Waals surface area contributed by atoms with Crippen LogP contribution >= 0.6 is 0 Å². The lowest BCUT2D eigenvalue weighted by Crippen LogP contribution is -2.62. The number of methoxy groups -OCH3 is 1. The molecule has 3 heterocycles. The maximum Gasteiger partial charge on any atom is 0.411 e. The van der Waals surface area contributed by atoms with Gasteiger partial charge in [-0.25, -0.2) is 4.79 Å². The summed E-state index contributed by atoms with van der Waals surface area (Å²) in [5.41, 5.74) is 0.166. The van der Waals surface area contributed by atoms with Crippen LogP contribution in [0.15, 0.2) is 0 Å². The van der Waals surface area contributed by atoms with E-state index in [1.165, 1.54) is 20.0 Å². The zero-order chi connectivity index (χ0) is 22.6. The van der Waals surface area contributed by atoms with E-state index in [2.05, 4.69) is 35.9 Å². The van der Waals surface area contributed by atoms with Crippen LogP contribution < -0.4 is 5.32 Å². The van der Waals surface area contributed by atoms with Crippen LogP contribution in [-0.4, -0.2) is 99.0 Å². The Balaban J connectivity index is 1.78. The van der Waals surface area contributed by atoms with Gasteiger partial charge < -0.3 is 19.7 Å².